The lowest BCUT2D eigenvalue weighted by Crippen LogP contribution is -2.46. The average molecular weight is 259 g/mol. The molecule has 0 radical (unpaired) electrons. The maximum absolute atomic E-state index is 8.56. The molecule has 0 unspecified atom stereocenters. The minimum Gasteiger partial charge on any atom is -0.386 e. The second-order valence-electron chi connectivity index (χ2n) is 5.26. The number of amidine groups is 1. The number of nitrogens with zero attached hydrogens (tertiary/aromatic N) is 2. The third kappa shape index (κ3) is 2.42. The first-order chi connectivity index (χ1) is 9.31. The van der Waals surface area contributed by atoms with Crippen LogP contribution in [0, 0.1) is 5.41 Å². The lowest BCUT2D eigenvalue weighted by molar-refractivity contribution is 0.356. The van der Waals surface area contributed by atoms with Crippen LogP contribution in [0.2, 0.25) is 0 Å². The molecule has 1 saturated carbocycles. The largest absolute Gasteiger partial charge is 0.386 e. The van der Waals surface area contributed by atoms with Crippen molar-refractivity contribution in [3.8, 4) is 0 Å². The van der Waals surface area contributed by atoms with Gasteiger partial charge in [-0.15, -0.1) is 0 Å². The van der Waals surface area contributed by atoms with Crippen LogP contribution in [0.1, 0.15) is 29.9 Å². The predicted octanol–water partition coefficient (Wildman–Crippen LogP) is 1.23. The van der Waals surface area contributed by atoms with Gasteiger partial charge in [-0.1, -0.05) is 0 Å². The van der Waals surface area contributed by atoms with E-state index in [2.05, 4.69) is 20.5 Å². The van der Waals surface area contributed by atoms with Gasteiger partial charge in [-0.2, -0.15) is 0 Å². The zero-order chi connectivity index (χ0) is 13.2. The van der Waals surface area contributed by atoms with Crippen LogP contribution in [0.5, 0.6) is 0 Å². The summed E-state index contributed by atoms with van der Waals surface area (Å²) in [7, 11) is 1.90. The van der Waals surface area contributed by atoms with Gasteiger partial charge in [-0.25, -0.2) is 0 Å². The molecule has 1 aromatic rings. The molecule has 5 heteroatoms. The summed E-state index contributed by atoms with van der Waals surface area (Å²) in [5.41, 5.74) is 3.28. The van der Waals surface area contributed by atoms with E-state index in [4.69, 9.17) is 5.41 Å². The molecule has 3 rings (SSSR count). The monoisotopic (exact) mass is 259 g/mol. The van der Waals surface area contributed by atoms with Crippen molar-refractivity contribution in [3.63, 3.8) is 0 Å². The molecule has 102 valence electrons. The second kappa shape index (κ2) is 5.17. The molecule has 2 heterocycles. The van der Waals surface area contributed by atoms with Gasteiger partial charge in [0, 0.05) is 45.0 Å². The molecule has 2 fully saturated rings. The predicted molar refractivity (Wildman–Crippen MR) is 77.0 cm³/mol. The molecule has 19 heavy (non-hydrogen) atoms. The summed E-state index contributed by atoms with van der Waals surface area (Å²) in [6.45, 7) is 3.74. The highest BCUT2D eigenvalue weighted by molar-refractivity contribution is 6.03. The molecule has 0 amide bonds. The fraction of sp³-hybridized carbons (Fsp3) is 0.571. The highest BCUT2D eigenvalue weighted by Crippen LogP contribution is 2.43. The van der Waals surface area contributed by atoms with E-state index < -0.39 is 0 Å². The van der Waals surface area contributed by atoms with Crippen LogP contribution in [0.15, 0.2) is 12.4 Å². The number of anilines is 1. The fourth-order valence-corrected chi connectivity index (χ4v) is 2.68. The van der Waals surface area contributed by atoms with Crippen LogP contribution >= 0.6 is 0 Å². The molecule has 1 aromatic heterocycles. The molecule has 1 aliphatic carbocycles. The summed E-state index contributed by atoms with van der Waals surface area (Å²) in [5, 5.41) is 15.1. The smallest absolute Gasteiger partial charge is 0.130 e. The Balaban J connectivity index is 1.94. The number of pyridine rings is 1. The first-order valence-electron chi connectivity index (χ1n) is 7.01. The topological polar surface area (TPSA) is 64.0 Å². The Hall–Kier alpha value is -1.62. The van der Waals surface area contributed by atoms with Crippen molar-refractivity contribution in [2.75, 3.05) is 38.5 Å². The normalized spacial score (nSPS) is 19.3. The summed E-state index contributed by atoms with van der Waals surface area (Å²) in [6.07, 6.45) is 6.25. The number of hydrogen-bond acceptors (Lipinski definition) is 4. The van der Waals surface area contributed by atoms with Gasteiger partial charge in [0.05, 0.1) is 11.9 Å². The van der Waals surface area contributed by atoms with Crippen molar-refractivity contribution in [3.05, 3.63) is 23.5 Å². The van der Waals surface area contributed by atoms with Crippen molar-refractivity contribution >= 4 is 11.5 Å². The SMILES string of the molecule is CNc1cncc(C2CC2)c1C(=N)N1CCNCC1. The first kappa shape index (κ1) is 12.4. The van der Waals surface area contributed by atoms with Gasteiger partial charge in [0.15, 0.2) is 0 Å². The van der Waals surface area contributed by atoms with Gasteiger partial charge in [0.25, 0.3) is 0 Å². The van der Waals surface area contributed by atoms with Gasteiger partial charge in [-0.05, 0) is 24.3 Å². The Kier molecular flexibility index (Phi) is 3.38. The van der Waals surface area contributed by atoms with Gasteiger partial charge in [0.2, 0.25) is 0 Å². The molecule has 0 bridgehead atoms. The van der Waals surface area contributed by atoms with E-state index in [1.54, 1.807) is 0 Å². The molecule has 1 saturated heterocycles. The fourth-order valence-electron chi connectivity index (χ4n) is 2.68. The maximum Gasteiger partial charge on any atom is 0.130 e. The van der Waals surface area contributed by atoms with Crippen LogP contribution in [-0.2, 0) is 0 Å². The van der Waals surface area contributed by atoms with Crippen molar-refractivity contribution in [2.24, 2.45) is 0 Å². The molecule has 5 nitrogen and oxygen atoms in total. The Morgan fingerprint density at radius 3 is 2.74 bits per heavy atom. The quantitative estimate of drug-likeness (QED) is 0.564. The zero-order valence-corrected chi connectivity index (χ0v) is 11.4. The van der Waals surface area contributed by atoms with Crippen molar-refractivity contribution in [1.82, 2.24) is 15.2 Å². The summed E-state index contributed by atoms with van der Waals surface area (Å²) in [4.78, 5) is 6.48. The highest BCUT2D eigenvalue weighted by atomic mass is 15.2. The Morgan fingerprint density at radius 2 is 2.11 bits per heavy atom. The van der Waals surface area contributed by atoms with Crippen LogP contribution in [0.4, 0.5) is 5.69 Å². The molecular formula is C14H21N5. The second-order valence-corrected chi connectivity index (χ2v) is 5.26. The summed E-state index contributed by atoms with van der Waals surface area (Å²) >= 11 is 0. The zero-order valence-electron chi connectivity index (χ0n) is 11.4. The molecule has 2 aliphatic rings. The van der Waals surface area contributed by atoms with Crippen LogP contribution in [-0.4, -0.2) is 48.9 Å². The first-order valence-corrected chi connectivity index (χ1v) is 7.01. The number of piperazine rings is 1. The van der Waals surface area contributed by atoms with Gasteiger partial charge < -0.3 is 15.5 Å². The van der Waals surface area contributed by atoms with E-state index in [-0.39, 0.29) is 0 Å². The number of aromatic nitrogens is 1. The van der Waals surface area contributed by atoms with E-state index in [0.717, 1.165) is 37.4 Å². The van der Waals surface area contributed by atoms with Gasteiger partial charge in [-0.3, -0.25) is 10.4 Å². The van der Waals surface area contributed by atoms with Crippen molar-refractivity contribution in [2.45, 2.75) is 18.8 Å². The molecular weight excluding hydrogens is 238 g/mol. The van der Waals surface area contributed by atoms with Crippen LogP contribution < -0.4 is 10.6 Å². The Bertz CT molecular complexity index is 475. The van der Waals surface area contributed by atoms with Gasteiger partial charge >= 0.3 is 0 Å². The third-order valence-electron chi connectivity index (χ3n) is 3.93. The van der Waals surface area contributed by atoms with Crippen LogP contribution in [0.25, 0.3) is 0 Å². The number of nitrogens with one attached hydrogen (secondary N) is 3. The molecule has 0 aromatic carbocycles. The minimum absolute atomic E-state index is 0.610. The van der Waals surface area contributed by atoms with E-state index in [1.165, 1.54) is 18.4 Å². The molecule has 3 N–H and O–H groups in total. The molecule has 0 spiro atoms. The van der Waals surface area contributed by atoms with E-state index >= 15 is 0 Å². The number of rotatable bonds is 3. The Labute approximate surface area is 113 Å². The lowest BCUT2D eigenvalue weighted by Gasteiger charge is -2.31. The van der Waals surface area contributed by atoms with E-state index in [9.17, 15) is 0 Å². The molecule has 1 aliphatic heterocycles. The lowest BCUT2D eigenvalue weighted by atomic mass is 10.0. The summed E-state index contributed by atoms with van der Waals surface area (Å²) in [6, 6.07) is 0. The Morgan fingerprint density at radius 1 is 1.37 bits per heavy atom. The van der Waals surface area contributed by atoms with Crippen molar-refractivity contribution in [1.29, 1.82) is 5.41 Å². The third-order valence-corrected chi connectivity index (χ3v) is 3.93. The van der Waals surface area contributed by atoms with Crippen molar-refractivity contribution < 1.29 is 0 Å². The summed E-state index contributed by atoms with van der Waals surface area (Å²) in [5.74, 6) is 1.26. The highest BCUT2D eigenvalue weighted by Gasteiger charge is 2.30. The number of hydrogen-bond donors (Lipinski definition) is 3. The van der Waals surface area contributed by atoms with Crippen LogP contribution in [0.3, 0.4) is 0 Å². The maximum atomic E-state index is 8.56. The van der Waals surface area contributed by atoms with Gasteiger partial charge in [0.1, 0.15) is 5.84 Å². The van der Waals surface area contributed by atoms with E-state index in [0.29, 0.717) is 11.8 Å². The van der Waals surface area contributed by atoms with E-state index in [1.807, 2.05) is 19.4 Å². The molecule has 0 atom stereocenters. The summed E-state index contributed by atoms with van der Waals surface area (Å²) < 4.78 is 0. The minimum atomic E-state index is 0.610. The standard InChI is InChI=1S/C14H21N5/c1-16-12-9-18-8-11(10-2-3-10)13(12)14(15)19-6-4-17-5-7-19/h8-10,15-17H,2-7H2,1H3. The average Bonchev–Trinajstić information content (AvgIpc) is 3.31.